The molecule has 2 heterocycles. The number of amides is 1. The van der Waals surface area contributed by atoms with Crippen molar-refractivity contribution in [1.29, 1.82) is 5.26 Å². The largest absolute Gasteiger partial charge is 0.345 e. The smallest absolute Gasteiger partial charge is 0.276 e. The minimum atomic E-state index is -0.154. The Morgan fingerprint density at radius 3 is 2.64 bits per heavy atom. The van der Waals surface area contributed by atoms with Gasteiger partial charge >= 0.3 is 0 Å². The zero-order chi connectivity index (χ0) is 19.5. The van der Waals surface area contributed by atoms with Gasteiger partial charge in [-0.25, -0.2) is 4.98 Å². The van der Waals surface area contributed by atoms with E-state index in [1.54, 1.807) is 28.8 Å². The molecular weight excluding hydrogens is 368 g/mol. The molecule has 5 nitrogen and oxygen atoms in total. The van der Waals surface area contributed by atoms with Crippen molar-refractivity contribution in [1.82, 2.24) is 9.55 Å². The van der Waals surface area contributed by atoms with E-state index in [4.69, 9.17) is 5.26 Å². The molecule has 0 fully saturated rings. The second-order valence-corrected chi connectivity index (χ2v) is 7.50. The van der Waals surface area contributed by atoms with Crippen LogP contribution in [0.15, 0.2) is 66.9 Å². The first-order valence-corrected chi connectivity index (χ1v) is 9.75. The molecule has 4 rings (SSSR count). The molecule has 0 bridgehead atoms. The fourth-order valence-corrected chi connectivity index (χ4v) is 4.11. The van der Waals surface area contributed by atoms with E-state index in [2.05, 4.69) is 23.2 Å². The minimum absolute atomic E-state index is 0.154. The number of benzene rings is 2. The van der Waals surface area contributed by atoms with E-state index in [0.717, 1.165) is 22.2 Å². The summed E-state index contributed by atoms with van der Waals surface area (Å²) < 4.78 is 2.74. The highest BCUT2D eigenvalue weighted by molar-refractivity contribution is 7.22. The van der Waals surface area contributed by atoms with Gasteiger partial charge in [-0.05, 0) is 30.2 Å². The van der Waals surface area contributed by atoms with Gasteiger partial charge in [-0.15, -0.1) is 0 Å². The van der Waals surface area contributed by atoms with Crippen LogP contribution in [0, 0.1) is 11.3 Å². The number of aromatic nitrogens is 2. The van der Waals surface area contributed by atoms with Crippen LogP contribution in [-0.2, 0) is 13.5 Å². The average Bonchev–Trinajstić information content (AvgIpc) is 3.32. The predicted molar refractivity (Wildman–Crippen MR) is 112 cm³/mol. The predicted octanol–water partition coefficient (Wildman–Crippen LogP) is 4.40. The Hall–Kier alpha value is -3.43. The lowest BCUT2D eigenvalue weighted by Gasteiger charge is -2.20. The summed E-state index contributed by atoms with van der Waals surface area (Å²) in [5.41, 5.74) is 2.98. The maximum absolute atomic E-state index is 13.4. The van der Waals surface area contributed by atoms with E-state index in [1.807, 2.05) is 42.5 Å². The van der Waals surface area contributed by atoms with Crippen LogP contribution in [0.1, 0.15) is 21.6 Å². The molecule has 0 aliphatic rings. The monoisotopic (exact) mass is 386 g/mol. The SMILES string of the molecule is Cn1cc(C#N)cc1C(=O)N(CCc1ccccc1)c1nc2ccccc2s1. The Kier molecular flexibility index (Phi) is 4.92. The summed E-state index contributed by atoms with van der Waals surface area (Å²) >= 11 is 1.50. The lowest BCUT2D eigenvalue weighted by atomic mass is 10.1. The van der Waals surface area contributed by atoms with Gasteiger partial charge in [0, 0.05) is 19.8 Å². The summed E-state index contributed by atoms with van der Waals surface area (Å²) in [5, 5.41) is 9.83. The number of carbonyl (C=O) groups excluding carboxylic acids is 1. The Labute approximate surface area is 167 Å². The van der Waals surface area contributed by atoms with Crippen LogP contribution in [-0.4, -0.2) is 22.0 Å². The number of nitrogens with zero attached hydrogens (tertiary/aromatic N) is 4. The van der Waals surface area contributed by atoms with Gasteiger partial charge in [-0.1, -0.05) is 53.8 Å². The molecule has 6 heteroatoms. The summed E-state index contributed by atoms with van der Waals surface area (Å²) in [7, 11) is 1.78. The number of rotatable bonds is 5. The van der Waals surface area contributed by atoms with Crippen LogP contribution in [0.2, 0.25) is 0 Å². The van der Waals surface area contributed by atoms with Crippen molar-refractivity contribution in [2.24, 2.45) is 7.05 Å². The lowest BCUT2D eigenvalue weighted by Crippen LogP contribution is -2.34. The number of para-hydroxylation sites is 1. The molecule has 4 aromatic rings. The number of hydrogen-bond donors (Lipinski definition) is 0. The van der Waals surface area contributed by atoms with Gasteiger partial charge in [0.15, 0.2) is 5.13 Å². The van der Waals surface area contributed by atoms with Gasteiger partial charge in [-0.3, -0.25) is 9.69 Å². The van der Waals surface area contributed by atoms with Crippen LogP contribution >= 0.6 is 11.3 Å². The van der Waals surface area contributed by atoms with Crippen LogP contribution in [0.4, 0.5) is 5.13 Å². The molecule has 0 radical (unpaired) electrons. The molecule has 2 aromatic heterocycles. The summed E-state index contributed by atoms with van der Waals surface area (Å²) in [6.07, 6.45) is 2.39. The summed E-state index contributed by atoms with van der Waals surface area (Å²) in [5.74, 6) is -0.154. The van der Waals surface area contributed by atoms with E-state index in [1.165, 1.54) is 11.3 Å². The maximum Gasteiger partial charge on any atom is 0.276 e. The van der Waals surface area contributed by atoms with Gasteiger partial charge < -0.3 is 4.57 Å². The van der Waals surface area contributed by atoms with Gasteiger partial charge in [0.25, 0.3) is 5.91 Å². The molecule has 0 aliphatic carbocycles. The van der Waals surface area contributed by atoms with Gasteiger partial charge in [0.1, 0.15) is 11.8 Å². The highest BCUT2D eigenvalue weighted by Gasteiger charge is 2.23. The quantitative estimate of drug-likeness (QED) is 0.511. The Balaban J connectivity index is 1.70. The average molecular weight is 386 g/mol. The van der Waals surface area contributed by atoms with Crippen molar-refractivity contribution >= 4 is 32.6 Å². The molecule has 0 spiro atoms. The van der Waals surface area contributed by atoms with Crippen LogP contribution in [0.3, 0.4) is 0 Å². The number of aryl methyl sites for hydroxylation is 1. The van der Waals surface area contributed by atoms with Crippen molar-refractivity contribution in [2.75, 3.05) is 11.4 Å². The molecular formula is C22H18N4OS. The van der Waals surface area contributed by atoms with E-state index >= 15 is 0 Å². The fourth-order valence-electron chi connectivity index (χ4n) is 3.12. The van der Waals surface area contributed by atoms with Crippen LogP contribution in [0.25, 0.3) is 10.2 Å². The molecule has 0 atom stereocenters. The van der Waals surface area contributed by atoms with E-state index in [9.17, 15) is 4.79 Å². The van der Waals surface area contributed by atoms with Crippen molar-refractivity contribution in [3.05, 3.63) is 83.7 Å². The van der Waals surface area contributed by atoms with Gasteiger partial charge in [0.2, 0.25) is 0 Å². The fraction of sp³-hybridized carbons (Fsp3) is 0.136. The number of nitriles is 1. The molecule has 0 aliphatic heterocycles. The number of anilines is 1. The molecule has 1 amide bonds. The Morgan fingerprint density at radius 1 is 1.18 bits per heavy atom. The van der Waals surface area contributed by atoms with E-state index < -0.39 is 0 Å². The van der Waals surface area contributed by atoms with Crippen molar-refractivity contribution in [3.8, 4) is 6.07 Å². The first-order valence-electron chi connectivity index (χ1n) is 8.93. The van der Waals surface area contributed by atoms with Crippen molar-refractivity contribution in [3.63, 3.8) is 0 Å². The highest BCUT2D eigenvalue weighted by atomic mass is 32.1. The number of fused-ring (bicyclic) bond motifs is 1. The van der Waals surface area contributed by atoms with Gasteiger partial charge in [0.05, 0.1) is 15.8 Å². The number of hydrogen-bond acceptors (Lipinski definition) is 4. The Morgan fingerprint density at radius 2 is 1.93 bits per heavy atom. The molecule has 0 unspecified atom stereocenters. The molecule has 0 saturated heterocycles. The van der Waals surface area contributed by atoms with Crippen molar-refractivity contribution in [2.45, 2.75) is 6.42 Å². The minimum Gasteiger partial charge on any atom is -0.345 e. The second kappa shape index (κ2) is 7.67. The zero-order valence-electron chi connectivity index (χ0n) is 15.4. The Bertz CT molecular complexity index is 1140. The second-order valence-electron chi connectivity index (χ2n) is 6.49. The summed E-state index contributed by atoms with van der Waals surface area (Å²) in [6.45, 7) is 0.510. The van der Waals surface area contributed by atoms with Crippen LogP contribution in [0.5, 0.6) is 0 Å². The first kappa shape index (κ1) is 18.0. The standard InChI is InChI=1S/C22H18N4OS/c1-25-15-17(14-23)13-19(25)21(27)26(12-11-16-7-3-2-4-8-16)22-24-18-9-5-6-10-20(18)28-22/h2-10,13,15H,11-12H2,1H3. The number of thiazole rings is 1. The van der Waals surface area contributed by atoms with Gasteiger partial charge in [-0.2, -0.15) is 5.26 Å². The highest BCUT2D eigenvalue weighted by Crippen LogP contribution is 2.30. The molecule has 138 valence electrons. The zero-order valence-corrected chi connectivity index (χ0v) is 16.2. The third-order valence-corrected chi connectivity index (χ3v) is 5.64. The lowest BCUT2D eigenvalue weighted by molar-refractivity contribution is 0.0979. The van der Waals surface area contributed by atoms with Crippen LogP contribution < -0.4 is 4.90 Å². The molecule has 28 heavy (non-hydrogen) atoms. The summed E-state index contributed by atoms with van der Waals surface area (Å²) in [6, 6.07) is 21.7. The topological polar surface area (TPSA) is 61.9 Å². The third kappa shape index (κ3) is 3.53. The molecule has 0 saturated carbocycles. The molecule has 2 aromatic carbocycles. The molecule has 0 N–H and O–H groups in total. The van der Waals surface area contributed by atoms with E-state index in [0.29, 0.717) is 22.9 Å². The van der Waals surface area contributed by atoms with Crippen molar-refractivity contribution < 1.29 is 4.79 Å². The maximum atomic E-state index is 13.4. The third-order valence-electron chi connectivity index (χ3n) is 4.58. The normalized spacial score (nSPS) is 10.7. The summed E-state index contributed by atoms with van der Waals surface area (Å²) in [4.78, 5) is 19.8. The first-order chi connectivity index (χ1) is 13.7. The van der Waals surface area contributed by atoms with E-state index in [-0.39, 0.29) is 5.91 Å². The number of carbonyl (C=O) groups is 1.